The van der Waals surface area contributed by atoms with E-state index in [0.29, 0.717) is 37.6 Å². The Balaban J connectivity index is 1.94. The first kappa shape index (κ1) is 18.1. The van der Waals surface area contributed by atoms with Crippen LogP contribution in [0.1, 0.15) is 36.7 Å². The fourth-order valence-electron chi connectivity index (χ4n) is 3.01. The Morgan fingerprint density at radius 3 is 2.50 bits per heavy atom. The maximum atomic E-state index is 12.6. The van der Waals surface area contributed by atoms with Crippen molar-refractivity contribution in [2.24, 2.45) is 0 Å². The quantitative estimate of drug-likeness (QED) is 0.587. The maximum Gasteiger partial charge on any atom is 0.417 e. The zero-order valence-corrected chi connectivity index (χ0v) is 15.0. The van der Waals surface area contributed by atoms with Gasteiger partial charge in [-0.15, -0.1) is 0 Å². The largest absolute Gasteiger partial charge is 0.443 e. The van der Waals surface area contributed by atoms with E-state index in [1.54, 1.807) is 26.8 Å². The SMILES string of the molecule is CC(C)(C)OC(=O)N1Cc2cc(N3CCOCC3)c([N+](=O)[O-])cc2C1=O. The summed E-state index contributed by atoms with van der Waals surface area (Å²) in [6.45, 7) is 7.19. The van der Waals surface area contributed by atoms with Crippen molar-refractivity contribution in [2.45, 2.75) is 32.9 Å². The van der Waals surface area contributed by atoms with Crippen LogP contribution in [-0.2, 0) is 16.0 Å². The number of morpholine rings is 1. The highest BCUT2D eigenvalue weighted by Crippen LogP contribution is 2.36. The average molecular weight is 363 g/mol. The predicted octanol–water partition coefficient (Wildman–Crippen LogP) is 2.32. The molecule has 0 aromatic heterocycles. The van der Waals surface area contributed by atoms with Crippen LogP contribution in [0.2, 0.25) is 0 Å². The summed E-state index contributed by atoms with van der Waals surface area (Å²) >= 11 is 0. The van der Waals surface area contributed by atoms with Crippen LogP contribution in [0.3, 0.4) is 0 Å². The van der Waals surface area contributed by atoms with Gasteiger partial charge in [0.1, 0.15) is 11.3 Å². The summed E-state index contributed by atoms with van der Waals surface area (Å²) in [4.78, 5) is 38.7. The zero-order chi connectivity index (χ0) is 19.1. The minimum atomic E-state index is -0.755. The minimum absolute atomic E-state index is 0.0401. The summed E-state index contributed by atoms with van der Waals surface area (Å²) in [7, 11) is 0. The maximum absolute atomic E-state index is 12.6. The zero-order valence-electron chi connectivity index (χ0n) is 15.0. The molecule has 1 aromatic rings. The van der Waals surface area contributed by atoms with E-state index in [4.69, 9.17) is 9.47 Å². The molecule has 1 fully saturated rings. The van der Waals surface area contributed by atoms with Gasteiger partial charge in [-0.05, 0) is 32.4 Å². The number of nitro benzene ring substituents is 1. The second-order valence-electron chi connectivity index (χ2n) is 7.23. The highest BCUT2D eigenvalue weighted by Gasteiger charge is 2.38. The van der Waals surface area contributed by atoms with Gasteiger partial charge >= 0.3 is 6.09 Å². The Kier molecular flexibility index (Phi) is 4.57. The predicted molar refractivity (Wildman–Crippen MR) is 92.2 cm³/mol. The Bertz CT molecular complexity index is 764. The number of nitrogens with zero attached hydrogens (tertiary/aromatic N) is 3. The topological polar surface area (TPSA) is 102 Å². The van der Waals surface area contributed by atoms with E-state index in [1.165, 1.54) is 6.07 Å². The third-order valence-corrected chi connectivity index (χ3v) is 4.17. The summed E-state index contributed by atoms with van der Waals surface area (Å²) in [6.07, 6.45) is -0.755. The molecule has 0 spiro atoms. The number of ether oxygens (including phenoxy) is 2. The van der Waals surface area contributed by atoms with Crippen molar-refractivity contribution in [3.63, 3.8) is 0 Å². The molecule has 2 aliphatic rings. The number of amides is 2. The van der Waals surface area contributed by atoms with Crippen molar-refractivity contribution < 1.29 is 24.0 Å². The number of benzene rings is 1. The number of carbonyl (C=O) groups excluding carboxylic acids is 2. The van der Waals surface area contributed by atoms with Gasteiger partial charge in [0.25, 0.3) is 11.6 Å². The lowest BCUT2D eigenvalue weighted by molar-refractivity contribution is -0.384. The summed E-state index contributed by atoms with van der Waals surface area (Å²) < 4.78 is 10.5. The summed E-state index contributed by atoms with van der Waals surface area (Å²) in [6, 6.07) is 2.88. The van der Waals surface area contributed by atoms with Gasteiger partial charge in [-0.3, -0.25) is 14.9 Å². The van der Waals surface area contributed by atoms with Crippen LogP contribution in [0.25, 0.3) is 0 Å². The lowest BCUT2D eigenvalue weighted by Gasteiger charge is -2.28. The summed E-state index contributed by atoms with van der Waals surface area (Å²) in [5.41, 5.74) is 0.297. The second kappa shape index (κ2) is 6.56. The van der Waals surface area contributed by atoms with E-state index in [2.05, 4.69) is 0 Å². The summed E-state index contributed by atoms with van der Waals surface area (Å²) in [5.74, 6) is -0.578. The van der Waals surface area contributed by atoms with Crippen LogP contribution >= 0.6 is 0 Å². The molecule has 1 saturated heterocycles. The van der Waals surface area contributed by atoms with Crippen LogP contribution in [-0.4, -0.2) is 53.7 Å². The Hall–Kier alpha value is -2.68. The standard InChI is InChI=1S/C17H21N3O6/c1-17(2,3)26-16(22)19-10-11-8-13(18-4-6-25-7-5-18)14(20(23)24)9-12(11)15(19)21/h8-9H,4-7,10H2,1-3H3. The number of carbonyl (C=O) groups is 2. The smallest absolute Gasteiger partial charge is 0.417 e. The highest BCUT2D eigenvalue weighted by atomic mass is 16.6. The number of imide groups is 1. The van der Waals surface area contributed by atoms with Gasteiger partial charge in [0.2, 0.25) is 0 Å². The van der Waals surface area contributed by atoms with E-state index in [-0.39, 0.29) is 17.8 Å². The van der Waals surface area contributed by atoms with E-state index in [9.17, 15) is 19.7 Å². The van der Waals surface area contributed by atoms with Crippen LogP contribution in [0.5, 0.6) is 0 Å². The van der Waals surface area contributed by atoms with Crippen molar-refractivity contribution in [3.8, 4) is 0 Å². The van der Waals surface area contributed by atoms with E-state index >= 15 is 0 Å². The van der Waals surface area contributed by atoms with Gasteiger partial charge in [0.05, 0.1) is 30.2 Å². The monoisotopic (exact) mass is 363 g/mol. The van der Waals surface area contributed by atoms with Gasteiger partial charge in [0, 0.05) is 19.2 Å². The molecular formula is C17H21N3O6. The van der Waals surface area contributed by atoms with Crippen molar-refractivity contribution in [3.05, 3.63) is 33.4 Å². The molecule has 0 aliphatic carbocycles. The van der Waals surface area contributed by atoms with Crippen LogP contribution in [0.4, 0.5) is 16.2 Å². The Morgan fingerprint density at radius 2 is 1.92 bits per heavy atom. The normalized spacial score (nSPS) is 17.3. The molecule has 140 valence electrons. The van der Waals surface area contributed by atoms with Crippen LogP contribution < -0.4 is 4.90 Å². The summed E-state index contributed by atoms with van der Waals surface area (Å²) in [5, 5.41) is 11.5. The first-order valence-corrected chi connectivity index (χ1v) is 8.36. The van der Waals surface area contributed by atoms with E-state index in [0.717, 1.165) is 4.90 Å². The molecule has 2 amide bonds. The number of anilines is 1. The molecule has 0 atom stereocenters. The molecule has 0 bridgehead atoms. The lowest BCUT2D eigenvalue weighted by atomic mass is 10.1. The molecule has 2 heterocycles. The van der Waals surface area contributed by atoms with Gasteiger partial charge in [-0.1, -0.05) is 0 Å². The van der Waals surface area contributed by atoms with Crippen molar-refractivity contribution >= 4 is 23.4 Å². The molecule has 0 N–H and O–H groups in total. The Morgan fingerprint density at radius 1 is 1.27 bits per heavy atom. The molecule has 3 rings (SSSR count). The molecule has 0 unspecified atom stereocenters. The van der Waals surface area contributed by atoms with Crippen LogP contribution in [0, 0.1) is 10.1 Å². The molecule has 9 heteroatoms. The number of hydrogen-bond donors (Lipinski definition) is 0. The van der Waals surface area contributed by atoms with Crippen molar-refractivity contribution in [1.29, 1.82) is 0 Å². The third kappa shape index (κ3) is 3.48. The van der Waals surface area contributed by atoms with E-state index in [1.807, 2.05) is 4.90 Å². The Labute approximate surface area is 150 Å². The minimum Gasteiger partial charge on any atom is -0.443 e. The molecule has 1 aromatic carbocycles. The highest BCUT2D eigenvalue weighted by molar-refractivity contribution is 6.07. The molecule has 9 nitrogen and oxygen atoms in total. The first-order chi connectivity index (χ1) is 12.2. The first-order valence-electron chi connectivity index (χ1n) is 8.36. The van der Waals surface area contributed by atoms with Gasteiger partial charge in [0.15, 0.2) is 0 Å². The fraction of sp³-hybridized carbons (Fsp3) is 0.529. The van der Waals surface area contributed by atoms with Gasteiger partial charge in [-0.25, -0.2) is 9.69 Å². The molecule has 0 saturated carbocycles. The number of rotatable bonds is 2. The van der Waals surface area contributed by atoms with E-state index < -0.39 is 22.5 Å². The fourth-order valence-corrected chi connectivity index (χ4v) is 3.01. The average Bonchev–Trinajstić information content (AvgIpc) is 2.89. The second-order valence-corrected chi connectivity index (χ2v) is 7.23. The molecule has 2 aliphatic heterocycles. The number of fused-ring (bicyclic) bond motifs is 1. The third-order valence-electron chi connectivity index (χ3n) is 4.17. The number of hydrogen-bond acceptors (Lipinski definition) is 7. The van der Waals surface area contributed by atoms with Crippen LogP contribution in [0.15, 0.2) is 12.1 Å². The van der Waals surface area contributed by atoms with Crippen molar-refractivity contribution in [2.75, 3.05) is 31.2 Å². The van der Waals surface area contributed by atoms with Crippen molar-refractivity contribution in [1.82, 2.24) is 4.90 Å². The molecule has 26 heavy (non-hydrogen) atoms. The lowest BCUT2D eigenvalue weighted by Crippen LogP contribution is -2.36. The molecule has 0 radical (unpaired) electrons. The number of nitro groups is 1. The van der Waals surface area contributed by atoms with Gasteiger partial charge in [-0.2, -0.15) is 0 Å². The molecular weight excluding hydrogens is 342 g/mol. The van der Waals surface area contributed by atoms with Gasteiger partial charge < -0.3 is 14.4 Å².